The van der Waals surface area contributed by atoms with Crippen LogP contribution in [0.1, 0.15) is 37.9 Å². The van der Waals surface area contributed by atoms with Crippen LogP contribution in [-0.4, -0.2) is 17.1 Å². The number of H-pyrrole nitrogens is 1. The monoisotopic (exact) mass is 350 g/mol. The van der Waals surface area contributed by atoms with Gasteiger partial charge in [-0.05, 0) is 54.7 Å². The number of imidazole rings is 1. The maximum atomic E-state index is 13.4. The van der Waals surface area contributed by atoms with Gasteiger partial charge in [-0.3, -0.25) is 0 Å². The van der Waals surface area contributed by atoms with Gasteiger partial charge in [-0.25, -0.2) is 9.37 Å². The quantitative estimate of drug-likeness (QED) is 0.629. The minimum absolute atomic E-state index is 0.304. The molecule has 1 heterocycles. The summed E-state index contributed by atoms with van der Waals surface area (Å²) >= 11 is 0. The zero-order valence-corrected chi connectivity index (χ0v) is 15.0. The highest BCUT2D eigenvalue weighted by molar-refractivity contribution is 5.84. The van der Waals surface area contributed by atoms with Gasteiger partial charge in [0.15, 0.2) is 0 Å². The van der Waals surface area contributed by atoms with E-state index in [1.807, 2.05) is 18.2 Å². The molecule has 0 saturated heterocycles. The van der Waals surface area contributed by atoms with Gasteiger partial charge in [-0.1, -0.05) is 31.4 Å². The van der Waals surface area contributed by atoms with Gasteiger partial charge in [-0.15, -0.1) is 0 Å². The highest BCUT2D eigenvalue weighted by atomic mass is 19.1. The Morgan fingerprint density at radius 1 is 1.12 bits per heavy atom. The van der Waals surface area contributed by atoms with E-state index in [1.54, 1.807) is 13.2 Å². The van der Waals surface area contributed by atoms with Crippen molar-refractivity contribution in [3.63, 3.8) is 0 Å². The second-order valence-corrected chi connectivity index (χ2v) is 6.96. The Morgan fingerprint density at radius 2 is 1.96 bits per heavy atom. The van der Waals surface area contributed by atoms with Crippen molar-refractivity contribution in [3.8, 4) is 16.9 Å². The molecule has 0 bridgehead atoms. The fourth-order valence-corrected chi connectivity index (χ4v) is 3.73. The van der Waals surface area contributed by atoms with Crippen LogP contribution in [0.15, 0.2) is 42.5 Å². The molecule has 26 heavy (non-hydrogen) atoms. The molecule has 0 aliphatic heterocycles. The number of nitrogens with zero attached hydrogens (tertiary/aromatic N) is 1. The molecule has 0 atom stereocenters. The van der Waals surface area contributed by atoms with Crippen molar-refractivity contribution in [2.75, 3.05) is 7.11 Å². The summed E-state index contributed by atoms with van der Waals surface area (Å²) in [7, 11) is 1.56. The Balaban J connectivity index is 1.62. The number of rotatable bonds is 4. The number of hydrogen-bond acceptors (Lipinski definition) is 2. The standard InChI is InChI=1S/C22H23FN2O/c1-26-21-14-17(23)9-10-18(21)16-8-11-19-20(13-16)25-22(24-19)12-7-15-5-3-2-4-6-15/h7-15H,2-6H2,1H3,(H,24,25). The molecule has 1 saturated carbocycles. The summed E-state index contributed by atoms with van der Waals surface area (Å²) in [5.41, 5.74) is 3.72. The lowest BCUT2D eigenvalue weighted by atomic mass is 9.89. The maximum Gasteiger partial charge on any atom is 0.130 e. The summed E-state index contributed by atoms with van der Waals surface area (Å²) in [4.78, 5) is 8.06. The number of aromatic nitrogens is 2. The summed E-state index contributed by atoms with van der Waals surface area (Å²) in [5.74, 6) is 1.78. The molecule has 1 fully saturated rings. The number of halogens is 1. The van der Waals surface area contributed by atoms with E-state index in [2.05, 4.69) is 17.1 Å². The van der Waals surface area contributed by atoms with E-state index in [4.69, 9.17) is 9.72 Å². The van der Waals surface area contributed by atoms with E-state index in [-0.39, 0.29) is 5.82 Å². The van der Waals surface area contributed by atoms with Gasteiger partial charge >= 0.3 is 0 Å². The smallest absolute Gasteiger partial charge is 0.130 e. The largest absolute Gasteiger partial charge is 0.496 e. The number of nitrogens with one attached hydrogen (secondary N) is 1. The molecule has 4 rings (SSSR count). The van der Waals surface area contributed by atoms with Crippen molar-refractivity contribution >= 4 is 17.1 Å². The average Bonchev–Trinajstić information content (AvgIpc) is 3.09. The number of allylic oxidation sites excluding steroid dienone is 1. The number of methoxy groups -OCH3 is 1. The van der Waals surface area contributed by atoms with Crippen LogP contribution in [0, 0.1) is 11.7 Å². The molecule has 3 aromatic rings. The van der Waals surface area contributed by atoms with Crippen LogP contribution >= 0.6 is 0 Å². The van der Waals surface area contributed by atoms with E-state index in [1.165, 1.54) is 44.2 Å². The number of benzene rings is 2. The lowest BCUT2D eigenvalue weighted by Crippen LogP contribution is -2.02. The third-order valence-corrected chi connectivity index (χ3v) is 5.15. The first-order valence-corrected chi connectivity index (χ1v) is 9.25. The predicted octanol–water partition coefficient (Wildman–Crippen LogP) is 5.97. The van der Waals surface area contributed by atoms with Gasteiger partial charge < -0.3 is 9.72 Å². The van der Waals surface area contributed by atoms with Crippen LogP contribution in [0.3, 0.4) is 0 Å². The molecule has 1 aliphatic carbocycles. The predicted molar refractivity (Wildman–Crippen MR) is 104 cm³/mol. The fraction of sp³-hybridized carbons (Fsp3) is 0.318. The molecule has 1 N–H and O–H groups in total. The molecule has 0 unspecified atom stereocenters. The second kappa shape index (κ2) is 7.32. The van der Waals surface area contributed by atoms with Crippen molar-refractivity contribution in [2.24, 2.45) is 5.92 Å². The van der Waals surface area contributed by atoms with Crippen LogP contribution in [0.4, 0.5) is 4.39 Å². The van der Waals surface area contributed by atoms with Crippen molar-refractivity contribution < 1.29 is 9.13 Å². The number of fused-ring (bicyclic) bond motifs is 1. The number of hydrogen-bond donors (Lipinski definition) is 1. The van der Waals surface area contributed by atoms with Crippen molar-refractivity contribution in [1.29, 1.82) is 0 Å². The van der Waals surface area contributed by atoms with Gasteiger partial charge in [0, 0.05) is 11.6 Å². The van der Waals surface area contributed by atoms with E-state index >= 15 is 0 Å². The van der Waals surface area contributed by atoms with Crippen molar-refractivity contribution in [1.82, 2.24) is 9.97 Å². The molecule has 3 nitrogen and oxygen atoms in total. The van der Waals surface area contributed by atoms with E-state index in [0.717, 1.165) is 28.0 Å². The Kier molecular flexibility index (Phi) is 4.74. The van der Waals surface area contributed by atoms with Gasteiger partial charge in [0.05, 0.1) is 18.1 Å². The zero-order chi connectivity index (χ0) is 17.9. The minimum Gasteiger partial charge on any atom is -0.496 e. The molecule has 134 valence electrons. The third-order valence-electron chi connectivity index (χ3n) is 5.15. The van der Waals surface area contributed by atoms with E-state index in [0.29, 0.717) is 11.7 Å². The van der Waals surface area contributed by atoms with E-state index < -0.39 is 0 Å². The molecular weight excluding hydrogens is 327 g/mol. The van der Waals surface area contributed by atoms with Gasteiger partial charge in [0.2, 0.25) is 0 Å². The van der Waals surface area contributed by atoms with E-state index in [9.17, 15) is 4.39 Å². The van der Waals surface area contributed by atoms with Crippen LogP contribution in [0.25, 0.3) is 28.2 Å². The topological polar surface area (TPSA) is 37.9 Å². The summed E-state index contributed by atoms with van der Waals surface area (Å²) in [6.45, 7) is 0. The first kappa shape index (κ1) is 16.8. The molecule has 1 aliphatic rings. The van der Waals surface area contributed by atoms with Crippen molar-refractivity contribution in [2.45, 2.75) is 32.1 Å². The highest BCUT2D eigenvalue weighted by Gasteiger charge is 2.11. The second-order valence-electron chi connectivity index (χ2n) is 6.96. The summed E-state index contributed by atoms with van der Waals surface area (Å²) < 4.78 is 18.8. The molecular formula is C22H23FN2O. The lowest BCUT2D eigenvalue weighted by molar-refractivity contribution is 0.413. The van der Waals surface area contributed by atoms with Gasteiger partial charge in [0.1, 0.15) is 17.4 Å². The molecule has 0 amide bonds. The third kappa shape index (κ3) is 3.50. The Hall–Kier alpha value is -2.62. The molecule has 2 aromatic carbocycles. The van der Waals surface area contributed by atoms with Gasteiger partial charge in [0.25, 0.3) is 0 Å². The Bertz CT molecular complexity index is 938. The first-order valence-electron chi connectivity index (χ1n) is 9.25. The normalized spacial score (nSPS) is 15.8. The van der Waals surface area contributed by atoms with Crippen LogP contribution < -0.4 is 4.74 Å². The zero-order valence-electron chi connectivity index (χ0n) is 15.0. The van der Waals surface area contributed by atoms with Gasteiger partial charge in [-0.2, -0.15) is 0 Å². The first-order chi connectivity index (χ1) is 12.7. The summed E-state index contributed by atoms with van der Waals surface area (Å²) in [6.07, 6.45) is 11.0. The highest BCUT2D eigenvalue weighted by Crippen LogP contribution is 2.32. The average molecular weight is 350 g/mol. The fourth-order valence-electron chi connectivity index (χ4n) is 3.73. The summed E-state index contributed by atoms with van der Waals surface area (Å²) in [5, 5.41) is 0. The van der Waals surface area contributed by atoms with Crippen LogP contribution in [-0.2, 0) is 0 Å². The van der Waals surface area contributed by atoms with Crippen LogP contribution in [0.2, 0.25) is 0 Å². The number of aromatic amines is 1. The molecule has 0 radical (unpaired) electrons. The Morgan fingerprint density at radius 3 is 2.77 bits per heavy atom. The molecule has 0 spiro atoms. The molecule has 1 aromatic heterocycles. The molecule has 4 heteroatoms. The van der Waals surface area contributed by atoms with Crippen molar-refractivity contribution in [3.05, 3.63) is 54.1 Å². The van der Waals surface area contributed by atoms with Crippen LogP contribution in [0.5, 0.6) is 5.75 Å². The lowest BCUT2D eigenvalue weighted by Gasteiger charge is -2.17. The Labute approximate surface area is 152 Å². The SMILES string of the molecule is COc1cc(F)ccc1-c1ccc2[nH]c(C=CC3CCCCC3)nc2c1. The minimum atomic E-state index is -0.304. The number of ether oxygens (including phenoxy) is 1. The summed E-state index contributed by atoms with van der Waals surface area (Å²) in [6, 6.07) is 10.6. The maximum absolute atomic E-state index is 13.4.